The van der Waals surface area contributed by atoms with E-state index in [9.17, 15) is 8.42 Å². The van der Waals surface area contributed by atoms with Crippen molar-refractivity contribution in [3.63, 3.8) is 0 Å². The normalized spacial score (nSPS) is 11.7. The third-order valence-corrected chi connectivity index (χ3v) is 5.95. The smallest absolute Gasteiger partial charge is 0.261 e. The van der Waals surface area contributed by atoms with E-state index in [1.54, 1.807) is 42.6 Å². The first-order valence-electron chi connectivity index (χ1n) is 8.33. The van der Waals surface area contributed by atoms with Crippen LogP contribution in [0.5, 0.6) is 0 Å². The summed E-state index contributed by atoms with van der Waals surface area (Å²) >= 11 is 0. The Labute approximate surface area is 152 Å². The molecule has 26 heavy (non-hydrogen) atoms. The van der Waals surface area contributed by atoms with Crippen molar-refractivity contribution in [2.24, 2.45) is 0 Å². The maximum absolute atomic E-state index is 13.2. The van der Waals surface area contributed by atoms with Gasteiger partial charge in [-0.25, -0.2) is 17.4 Å². The lowest BCUT2D eigenvalue weighted by atomic mass is 10.2. The number of para-hydroxylation sites is 2. The van der Waals surface area contributed by atoms with Gasteiger partial charge >= 0.3 is 0 Å². The fourth-order valence-corrected chi connectivity index (χ4v) is 4.50. The van der Waals surface area contributed by atoms with Gasteiger partial charge in [-0.1, -0.05) is 36.4 Å². The average molecular weight is 363 g/mol. The molecule has 0 aliphatic heterocycles. The summed E-state index contributed by atoms with van der Waals surface area (Å²) in [6, 6.07) is 21.5. The number of hydrogen-bond donors (Lipinski definition) is 0. The Morgan fingerprint density at radius 3 is 2.31 bits per heavy atom. The number of aromatic nitrogens is 3. The van der Waals surface area contributed by atoms with Crippen molar-refractivity contribution in [1.82, 2.24) is 13.9 Å². The highest BCUT2D eigenvalue weighted by atomic mass is 32.2. The maximum atomic E-state index is 13.2. The van der Waals surface area contributed by atoms with Crippen LogP contribution in [-0.2, 0) is 22.9 Å². The summed E-state index contributed by atoms with van der Waals surface area (Å²) in [6.45, 7) is 0. The molecule has 0 bridgehead atoms. The van der Waals surface area contributed by atoms with Gasteiger partial charge in [0, 0.05) is 18.3 Å². The van der Waals surface area contributed by atoms with Gasteiger partial charge in [-0.2, -0.15) is 0 Å². The van der Waals surface area contributed by atoms with Crippen LogP contribution in [0, 0.1) is 0 Å². The van der Waals surface area contributed by atoms with E-state index in [4.69, 9.17) is 0 Å². The SMILES string of the molecule is O=S(=O)(c1ccccc1)n1c(CCc2ccccn2)nc2ccccc21. The predicted octanol–water partition coefficient (Wildman–Crippen LogP) is 3.45. The monoisotopic (exact) mass is 363 g/mol. The average Bonchev–Trinajstić information content (AvgIpc) is 3.07. The molecule has 130 valence electrons. The molecule has 2 heterocycles. The second-order valence-corrected chi connectivity index (χ2v) is 7.71. The molecule has 4 rings (SSSR count). The third-order valence-electron chi connectivity index (χ3n) is 4.20. The highest BCUT2D eigenvalue weighted by Gasteiger charge is 2.23. The van der Waals surface area contributed by atoms with Gasteiger partial charge in [0.25, 0.3) is 10.0 Å². The first kappa shape index (κ1) is 16.5. The number of fused-ring (bicyclic) bond motifs is 1. The molecule has 5 nitrogen and oxygen atoms in total. The zero-order chi connectivity index (χ0) is 18.0. The van der Waals surface area contributed by atoms with Crippen LogP contribution < -0.4 is 0 Å². The highest BCUT2D eigenvalue weighted by molar-refractivity contribution is 7.90. The topological polar surface area (TPSA) is 64.8 Å². The molecule has 0 unspecified atom stereocenters. The van der Waals surface area contributed by atoms with Gasteiger partial charge < -0.3 is 0 Å². The van der Waals surface area contributed by atoms with Crippen LogP contribution >= 0.6 is 0 Å². The zero-order valence-corrected chi connectivity index (χ0v) is 14.8. The summed E-state index contributed by atoms with van der Waals surface area (Å²) in [5.74, 6) is 0.515. The molecule has 0 spiro atoms. The second-order valence-electron chi connectivity index (χ2n) is 5.92. The van der Waals surface area contributed by atoms with Crippen molar-refractivity contribution < 1.29 is 8.42 Å². The second kappa shape index (κ2) is 6.72. The van der Waals surface area contributed by atoms with E-state index in [0.29, 0.717) is 29.7 Å². The van der Waals surface area contributed by atoms with Gasteiger partial charge in [-0.15, -0.1) is 0 Å². The van der Waals surface area contributed by atoms with Crippen LogP contribution in [0.3, 0.4) is 0 Å². The number of pyridine rings is 1. The van der Waals surface area contributed by atoms with Crippen molar-refractivity contribution in [2.75, 3.05) is 0 Å². The van der Waals surface area contributed by atoms with Crippen molar-refractivity contribution in [2.45, 2.75) is 17.7 Å². The maximum Gasteiger partial charge on any atom is 0.269 e. The lowest BCUT2D eigenvalue weighted by Crippen LogP contribution is -2.16. The van der Waals surface area contributed by atoms with Gasteiger partial charge in [-0.3, -0.25) is 4.98 Å². The number of nitrogens with zero attached hydrogens (tertiary/aromatic N) is 3. The summed E-state index contributed by atoms with van der Waals surface area (Å²) < 4.78 is 27.9. The number of benzene rings is 2. The molecule has 0 atom stereocenters. The van der Waals surface area contributed by atoms with E-state index in [2.05, 4.69) is 9.97 Å². The van der Waals surface area contributed by atoms with Crippen molar-refractivity contribution in [3.8, 4) is 0 Å². The Kier molecular flexibility index (Phi) is 4.26. The molecule has 4 aromatic rings. The van der Waals surface area contributed by atoms with Gasteiger partial charge in [0.05, 0.1) is 15.9 Å². The van der Waals surface area contributed by atoms with E-state index >= 15 is 0 Å². The number of rotatable bonds is 5. The van der Waals surface area contributed by atoms with Crippen molar-refractivity contribution in [3.05, 3.63) is 90.5 Å². The Balaban J connectivity index is 1.82. The predicted molar refractivity (Wildman–Crippen MR) is 100 cm³/mol. The first-order chi connectivity index (χ1) is 12.7. The Hall–Kier alpha value is -2.99. The molecule has 0 saturated heterocycles. The largest absolute Gasteiger partial charge is 0.269 e. The van der Waals surface area contributed by atoms with Crippen LogP contribution in [-0.4, -0.2) is 22.4 Å². The van der Waals surface area contributed by atoms with E-state index in [-0.39, 0.29) is 4.90 Å². The van der Waals surface area contributed by atoms with E-state index < -0.39 is 10.0 Å². The molecule has 0 aliphatic carbocycles. The van der Waals surface area contributed by atoms with Crippen molar-refractivity contribution >= 4 is 21.1 Å². The molecule has 0 N–H and O–H groups in total. The van der Waals surface area contributed by atoms with E-state index in [1.165, 1.54) is 3.97 Å². The van der Waals surface area contributed by atoms with Crippen LogP contribution in [0.2, 0.25) is 0 Å². The molecule has 2 aromatic carbocycles. The first-order valence-corrected chi connectivity index (χ1v) is 9.77. The highest BCUT2D eigenvalue weighted by Crippen LogP contribution is 2.24. The quantitative estimate of drug-likeness (QED) is 0.545. The molecule has 0 fully saturated rings. The lowest BCUT2D eigenvalue weighted by molar-refractivity contribution is 0.585. The fraction of sp³-hybridized carbons (Fsp3) is 0.100. The molecule has 0 radical (unpaired) electrons. The molecular formula is C20H17N3O2S. The van der Waals surface area contributed by atoms with Gasteiger partial charge in [0.15, 0.2) is 0 Å². The molecule has 0 aliphatic rings. The van der Waals surface area contributed by atoms with E-state index in [0.717, 1.165) is 5.69 Å². The van der Waals surface area contributed by atoms with Crippen LogP contribution in [0.15, 0.2) is 83.9 Å². The van der Waals surface area contributed by atoms with Gasteiger partial charge in [0.2, 0.25) is 0 Å². The van der Waals surface area contributed by atoms with Crippen LogP contribution in [0.4, 0.5) is 0 Å². The van der Waals surface area contributed by atoms with Crippen molar-refractivity contribution in [1.29, 1.82) is 0 Å². The fourth-order valence-electron chi connectivity index (χ4n) is 2.96. The Bertz CT molecular complexity index is 1140. The van der Waals surface area contributed by atoms with Crippen LogP contribution in [0.25, 0.3) is 11.0 Å². The van der Waals surface area contributed by atoms with E-state index in [1.807, 2.05) is 36.4 Å². The van der Waals surface area contributed by atoms with Gasteiger partial charge in [0.1, 0.15) is 5.82 Å². The molecule has 0 amide bonds. The van der Waals surface area contributed by atoms with Crippen LogP contribution in [0.1, 0.15) is 11.5 Å². The minimum Gasteiger partial charge on any atom is -0.261 e. The minimum atomic E-state index is -3.72. The summed E-state index contributed by atoms with van der Waals surface area (Å²) in [5.41, 5.74) is 2.17. The Morgan fingerprint density at radius 2 is 1.54 bits per heavy atom. The summed E-state index contributed by atoms with van der Waals surface area (Å²) in [7, 11) is -3.72. The standard InChI is InChI=1S/C20H17N3O2S/c24-26(25,17-9-2-1-3-10-17)23-19-12-5-4-11-18(19)22-20(23)14-13-16-8-6-7-15-21-16/h1-12,15H,13-14H2. The summed E-state index contributed by atoms with van der Waals surface area (Å²) in [5, 5.41) is 0. The van der Waals surface area contributed by atoms with Gasteiger partial charge in [-0.05, 0) is 42.8 Å². The Morgan fingerprint density at radius 1 is 0.808 bits per heavy atom. The summed E-state index contributed by atoms with van der Waals surface area (Å²) in [6.07, 6.45) is 2.84. The molecule has 2 aromatic heterocycles. The third kappa shape index (κ3) is 2.99. The molecule has 6 heteroatoms. The number of imidazole rings is 1. The summed E-state index contributed by atoms with van der Waals surface area (Å²) in [4.78, 5) is 9.14. The number of hydrogen-bond acceptors (Lipinski definition) is 4. The molecule has 0 saturated carbocycles. The molecular weight excluding hydrogens is 346 g/mol. The zero-order valence-electron chi connectivity index (χ0n) is 14.0. The minimum absolute atomic E-state index is 0.252. The number of aryl methyl sites for hydroxylation is 2. The lowest BCUT2D eigenvalue weighted by Gasteiger charge is -2.10.